The molecule has 0 saturated carbocycles. The van der Waals surface area contributed by atoms with Gasteiger partial charge in [0.2, 0.25) is 5.95 Å². The van der Waals surface area contributed by atoms with Crippen molar-refractivity contribution in [1.29, 1.82) is 0 Å². The summed E-state index contributed by atoms with van der Waals surface area (Å²) in [5.41, 5.74) is 10.3. The minimum Gasteiger partial charge on any atom is -0.378 e. The van der Waals surface area contributed by atoms with E-state index in [2.05, 4.69) is 74.0 Å². The molecule has 0 bridgehead atoms. The molecule has 8 heteroatoms. The minimum atomic E-state index is 0.305. The minimum absolute atomic E-state index is 0.305. The quantitative estimate of drug-likeness (QED) is 0.380. The van der Waals surface area contributed by atoms with E-state index >= 15 is 0 Å². The molecule has 3 N–H and O–H groups in total. The number of para-hydroxylation sites is 1. The number of aryl methyl sites for hydroxylation is 3. The molecular formula is C22H27IN6O. The smallest absolute Gasteiger partial charge is 0.222 e. The summed E-state index contributed by atoms with van der Waals surface area (Å²) in [6.45, 7) is 8.14. The third kappa shape index (κ3) is 4.59. The van der Waals surface area contributed by atoms with Gasteiger partial charge in [-0.3, -0.25) is 0 Å². The van der Waals surface area contributed by atoms with Gasteiger partial charge in [0.25, 0.3) is 0 Å². The number of hydrogen-bond acceptors (Lipinski definition) is 7. The van der Waals surface area contributed by atoms with E-state index in [0.717, 1.165) is 72.1 Å². The van der Waals surface area contributed by atoms with Gasteiger partial charge in [-0.15, -0.1) is 0 Å². The molecule has 1 saturated heterocycles. The number of anilines is 3. The topological polar surface area (TPSA) is 89.2 Å². The summed E-state index contributed by atoms with van der Waals surface area (Å²) in [4.78, 5) is 16.0. The average Bonchev–Trinajstić information content (AvgIpc) is 2.75. The van der Waals surface area contributed by atoms with E-state index in [4.69, 9.17) is 15.5 Å². The van der Waals surface area contributed by atoms with Crippen LogP contribution in [0.5, 0.6) is 0 Å². The van der Waals surface area contributed by atoms with Crippen molar-refractivity contribution < 1.29 is 4.74 Å². The van der Waals surface area contributed by atoms with Gasteiger partial charge in [0.15, 0.2) is 0 Å². The van der Waals surface area contributed by atoms with Crippen LogP contribution in [-0.4, -0.2) is 47.8 Å². The highest BCUT2D eigenvalue weighted by atomic mass is 127. The molecule has 0 spiro atoms. The number of benzene rings is 1. The standard InChI is InChI=1S/C22H27IN6O/c1-14-5-3-6-16-13-17(21(27-19(14)16)29-9-11-30-12-10-29)7-4-8-25-20-18(23)15(2)26-22(24)28-20/h3,5-6,13H,4,7-12H2,1-2H3,(H3,24,25,26,28). The molecule has 3 aromatic rings. The number of fused-ring (bicyclic) bond motifs is 1. The Bertz CT molecular complexity index is 1050. The van der Waals surface area contributed by atoms with Crippen molar-refractivity contribution in [3.8, 4) is 0 Å². The van der Waals surface area contributed by atoms with Crippen molar-refractivity contribution in [3.05, 3.63) is 44.7 Å². The number of nitrogens with two attached hydrogens (primary N) is 1. The molecule has 4 rings (SSSR count). The Hall–Kier alpha value is -2.20. The second kappa shape index (κ2) is 9.30. The Labute approximate surface area is 190 Å². The molecule has 0 unspecified atom stereocenters. The van der Waals surface area contributed by atoms with Crippen LogP contribution in [0.4, 0.5) is 17.6 Å². The lowest BCUT2D eigenvalue weighted by Gasteiger charge is -2.30. The fourth-order valence-electron chi connectivity index (χ4n) is 3.80. The van der Waals surface area contributed by atoms with Crippen molar-refractivity contribution in [2.75, 3.05) is 48.8 Å². The third-order valence-corrected chi connectivity index (χ3v) is 6.66. The molecule has 0 amide bonds. The lowest BCUT2D eigenvalue weighted by molar-refractivity contribution is 0.122. The summed E-state index contributed by atoms with van der Waals surface area (Å²) in [6.07, 6.45) is 1.90. The zero-order valence-electron chi connectivity index (χ0n) is 17.4. The fourth-order valence-corrected chi connectivity index (χ4v) is 4.23. The normalized spacial score (nSPS) is 14.3. The van der Waals surface area contributed by atoms with Crippen molar-refractivity contribution in [2.24, 2.45) is 0 Å². The molecule has 0 radical (unpaired) electrons. The highest BCUT2D eigenvalue weighted by Gasteiger charge is 2.18. The largest absolute Gasteiger partial charge is 0.378 e. The van der Waals surface area contributed by atoms with E-state index in [-0.39, 0.29) is 0 Å². The molecule has 158 valence electrons. The second-order valence-corrected chi connectivity index (χ2v) is 8.66. The zero-order valence-corrected chi connectivity index (χ0v) is 19.6. The Balaban J connectivity index is 1.52. The van der Waals surface area contributed by atoms with E-state index < -0.39 is 0 Å². The number of aromatic nitrogens is 3. The first-order valence-electron chi connectivity index (χ1n) is 10.3. The molecule has 1 fully saturated rings. The van der Waals surface area contributed by atoms with Crippen LogP contribution in [0.3, 0.4) is 0 Å². The van der Waals surface area contributed by atoms with E-state index in [1.807, 2.05) is 6.92 Å². The average molecular weight is 518 g/mol. The van der Waals surface area contributed by atoms with Crippen molar-refractivity contribution >= 4 is 51.1 Å². The van der Waals surface area contributed by atoms with Gasteiger partial charge in [-0.2, -0.15) is 4.98 Å². The number of pyridine rings is 1. The van der Waals surface area contributed by atoms with Gasteiger partial charge in [-0.25, -0.2) is 9.97 Å². The highest BCUT2D eigenvalue weighted by molar-refractivity contribution is 14.1. The number of nitrogens with one attached hydrogen (secondary N) is 1. The molecule has 1 aromatic carbocycles. The molecule has 1 aliphatic rings. The van der Waals surface area contributed by atoms with Gasteiger partial charge in [-0.05, 0) is 66.5 Å². The SMILES string of the molecule is Cc1nc(N)nc(NCCCc2cc3cccc(C)c3nc2N2CCOCC2)c1I. The lowest BCUT2D eigenvalue weighted by atomic mass is 10.0. The Morgan fingerprint density at radius 3 is 2.77 bits per heavy atom. The second-order valence-electron chi connectivity index (χ2n) is 7.58. The van der Waals surface area contributed by atoms with Gasteiger partial charge in [0.05, 0.1) is 28.0 Å². The molecule has 7 nitrogen and oxygen atoms in total. The number of nitrogen functional groups attached to an aromatic ring is 1. The predicted octanol–water partition coefficient (Wildman–Crippen LogP) is 3.71. The van der Waals surface area contributed by atoms with Crippen LogP contribution in [0.2, 0.25) is 0 Å². The maximum atomic E-state index is 5.80. The Morgan fingerprint density at radius 2 is 1.97 bits per heavy atom. The van der Waals surface area contributed by atoms with Crippen molar-refractivity contribution in [2.45, 2.75) is 26.7 Å². The summed E-state index contributed by atoms with van der Waals surface area (Å²) in [5.74, 6) is 2.21. The van der Waals surface area contributed by atoms with Crippen LogP contribution >= 0.6 is 22.6 Å². The van der Waals surface area contributed by atoms with Gasteiger partial charge in [0, 0.05) is 25.0 Å². The van der Waals surface area contributed by atoms with E-state index in [9.17, 15) is 0 Å². The molecule has 30 heavy (non-hydrogen) atoms. The lowest BCUT2D eigenvalue weighted by Crippen LogP contribution is -2.37. The molecule has 0 aliphatic carbocycles. The summed E-state index contributed by atoms with van der Waals surface area (Å²) in [5, 5.41) is 4.62. The maximum absolute atomic E-state index is 5.80. The van der Waals surface area contributed by atoms with Crippen LogP contribution in [-0.2, 0) is 11.2 Å². The van der Waals surface area contributed by atoms with Crippen LogP contribution < -0.4 is 16.0 Å². The number of nitrogens with zero attached hydrogens (tertiary/aromatic N) is 4. The van der Waals surface area contributed by atoms with Gasteiger partial charge in [0.1, 0.15) is 11.6 Å². The molecule has 0 atom stereocenters. The van der Waals surface area contributed by atoms with Crippen molar-refractivity contribution in [1.82, 2.24) is 15.0 Å². The van der Waals surface area contributed by atoms with Crippen LogP contribution in [0, 0.1) is 17.4 Å². The first-order valence-corrected chi connectivity index (χ1v) is 11.4. The third-order valence-electron chi connectivity index (χ3n) is 5.36. The van der Waals surface area contributed by atoms with Crippen LogP contribution in [0.25, 0.3) is 10.9 Å². The molecule has 2 aromatic heterocycles. The summed E-state index contributed by atoms with van der Waals surface area (Å²) < 4.78 is 6.56. The van der Waals surface area contributed by atoms with Gasteiger partial charge < -0.3 is 20.7 Å². The van der Waals surface area contributed by atoms with E-state index in [1.54, 1.807) is 0 Å². The molecular weight excluding hydrogens is 491 g/mol. The number of ether oxygens (including phenoxy) is 1. The predicted molar refractivity (Wildman–Crippen MR) is 130 cm³/mol. The maximum Gasteiger partial charge on any atom is 0.222 e. The highest BCUT2D eigenvalue weighted by Crippen LogP contribution is 2.27. The fraction of sp³-hybridized carbons (Fsp3) is 0.409. The zero-order chi connectivity index (χ0) is 21.1. The van der Waals surface area contributed by atoms with Gasteiger partial charge >= 0.3 is 0 Å². The number of halogens is 1. The first kappa shape index (κ1) is 21.0. The van der Waals surface area contributed by atoms with E-state index in [1.165, 1.54) is 16.5 Å². The Morgan fingerprint density at radius 1 is 1.17 bits per heavy atom. The summed E-state index contributed by atoms with van der Waals surface area (Å²) in [6, 6.07) is 8.67. The van der Waals surface area contributed by atoms with Crippen LogP contribution in [0.15, 0.2) is 24.3 Å². The Kier molecular flexibility index (Phi) is 6.52. The molecule has 1 aliphatic heterocycles. The first-order chi connectivity index (χ1) is 14.5. The number of rotatable bonds is 6. The summed E-state index contributed by atoms with van der Waals surface area (Å²) in [7, 11) is 0. The molecule has 3 heterocycles. The van der Waals surface area contributed by atoms with E-state index in [0.29, 0.717) is 5.95 Å². The van der Waals surface area contributed by atoms with Crippen LogP contribution in [0.1, 0.15) is 23.2 Å². The summed E-state index contributed by atoms with van der Waals surface area (Å²) >= 11 is 2.26. The number of hydrogen-bond donors (Lipinski definition) is 2. The van der Waals surface area contributed by atoms with Crippen molar-refractivity contribution in [3.63, 3.8) is 0 Å². The van der Waals surface area contributed by atoms with Gasteiger partial charge in [-0.1, -0.05) is 18.2 Å². The monoisotopic (exact) mass is 518 g/mol. The number of morpholine rings is 1.